The summed E-state index contributed by atoms with van der Waals surface area (Å²) in [5, 5.41) is 11.7. The fraction of sp³-hybridized carbons (Fsp3) is 0.421. The van der Waals surface area contributed by atoms with Crippen LogP contribution in [-0.4, -0.2) is 52.0 Å². The van der Waals surface area contributed by atoms with Gasteiger partial charge < -0.3 is 35.9 Å². The molecule has 0 saturated carbocycles. The molecule has 1 aromatic carbocycles. The van der Waals surface area contributed by atoms with Crippen molar-refractivity contribution in [1.29, 1.82) is 0 Å². The van der Waals surface area contributed by atoms with E-state index in [0.717, 1.165) is 0 Å². The number of carbonyl (C=O) groups excluding carboxylic acids is 2. The molecule has 10 nitrogen and oxygen atoms in total. The number of amides is 2. The number of nitrogens with two attached hydrogens (primary N) is 2. The van der Waals surface area contributed by atoms with Gasteiger partial charge in [0, 0.05) is 18.7 Å². The Balaban J connectivity index is 2.17. The monoisotopic (exact) mass is 405 g/mol. The number of hydrogen-bond donors (Lipinski definition) is 4. The Morgan fingerprint density at radius 2 is 2.03 bits per heavy atom. The van der Waals surface area contributed by atoms with Crippen molar-refractivity contribution in [2.75, 3.05) is 25.5 Å². The zero-order chi connectivity index (χ0) is 21.6. The molecule has 0 unspecified atom stereocenters. The van der Waals surface area contributed by atoms with Crippen LogP contribution < -0.4 is 21.5 Å². The molecule has 10 heteroatoms. The van der Waals surface area contributed by atoms with E-state index in [0.29, 0.717) is 23.3 Å². The van der Waals surface area contributed by atoms with Gasteiger partial charge in [-0.05, 0) is 32.9 Å². The maximum atomic E-state index is 11.6. The van der Waals surface area contributed by atoms with Crippen LogP contribution in [0.4, 0.5) is 10.7 Å². The van der Waals surface area contributed by atoms with Crippen molar-refractivity contribution in [3.8, 4) is 5.75 Å². The Bertz CT molecular complexity index is 914. The number of nitrogens with zero attached hydrogens (tertiary/aromatic N) is 2. The van der Waals surface area contributed by atoms with Gasteiger partial charge in [-0.2, -0.15) is 0 Å². The van der Waals surface area contributed by atoms with E-state index >= 15 is 0 Å². The number of rotatable bonds is 8. The van der Waals surface area contributed by atoms with E-state index in [1.165, 1.54) is 12.1 Å². The second kappa shape index (κ2) is 9.28. The van der Waals surface area contributed by atoms with Crippen LogP contribution in [0.25, 0.3) is 11.0 Å². The van der Waals surface area contributed by atoms with Gasteiger partial charge in [-0.1, -0.05) is 12.2 Å². The number of primary amides is 1. The molecule has 0 fully saturated rings. The quantitative estimate of drug-likeness (QED) is 0.480. The van der Waals surface area contributed by atoms with Crippen LogP contribution in [0, 0.1) is 0 Å². The summed E-state index contributed by atoms with van der Waals surface area (Å²) in [6.45, 7) is 5.84. The summed E-state index contributed by atoms with van der Waals surface area (Å²) in [5.74, 6) is -0.0583. The fourth-order valence-electron chi connectivity index (χ4n) is 2.56. The number of nitrogen functional groups attached to an aromatic ring is 1. The summed E-state index contributed by atoms with van der Waals surface area (Å²) in [6.07, 6.45) is 3.04. The smallest absolute Gasteiger partial charge is 0.407 e. The Morgan fingerprint density at radius 3 is 2.66 bits per heavy atom. The Labute approximate surface area is 168 Å². The van der Waals surface area contributed by atoms with E-state index in [2.05, 4.69) is 10.3 Å². The maximum absolute atomic E-state index is 11.6. The highest BCUT2D eigenvalue weighted by Crippen LogP contribution is 2.30. The normalized spacial score (nSPS) is 11.7. The molecule has 0 aliphatic heterocycles. The molecule has 0 bridgehead atoms. The standard InChI is InChI=1S/C19H27N5O5/c1-19(2,3)29-18(27)22-6-4-5-7-24-15-13(23-17(24)21)10-12(16(20)26)11-14(15)28-9-8-25/h4-5,10-11,25H,6-9H2,1-3H3,(H2,20,26)(H2,21,23)(H,22,27)/b5-4+. The third kappa shape index (κ3) is 6.11. The minimum Gasteiger partial charge on any atom is -0.489 e. The van der Waals surface area contributed by atoms with Crippen LogP contribution in [0.2, 0.25) is 0 Å². The van der Waals surface area contributed by atoms with E-state index in [4.69, 9.17) is 26.0 Å². The van der Waals surface area contributed by atoms with Crippen LogP contribution in [0.1, 0.15) is 31.1 Å². The van der Waals surface area contributed by atoms with Crippen molar-refractivity contribution < 1.29 is 24.2 Å². The van der Waals surface area contributed by atoms with Crippen molar-refractivity contribution in [2.45, 2.75) is 32.9 Å². The number of nitrogens with one attached hydrogen (secondary N) is 1. The molecule has 0 radical (unpaired) electrons. The van der Waals surface area contributed by atoms with Gasteiger partial charge in [-0.15, -0.1) is 0 Å². The number of anilines is 1. The van der Waals surface area contributed by atoms with Gasteiger partial charge in [0.05, 0.1) is 12.1 Å². The minimum atomic E-state index is -0.623. The zero-order valence-electron chi connectivity index (χ0n) is 16.8. The minimum absolute atomic E-state index is 0.0397. The molecule has 29 heavy (non-hydrogen) atoms. The van der Waals surface area contributed by atoms with Gasteiger partial charge in [0.25, 0.3) is 0 Å². The number of benzene rings is 1. The average Bonchev–Trinajstić information content (AvgIpc) is 2.93. The molecule has 2 amide bonds. The molecule has 158 valence electrons. The number of aromatic nitrogens is 2. The first-order valence-electron chi connectivity index (χ1n) is 9.07. The highest BCUT2D eigenvalue weighted by molar-refractivity contribution is 5.98. The lowest BCUT2D eigenvalue weighted by Gasteiger charge is -2.19. The lowest BCUT2D eigenvalue weighted by molar-refractivity contribution is 0.0534. The number of carbonyl (C=O) groups is 2. The molecule has 0 aliphatic carbocycles. The summed E-state index contributed by atoms with van der Waals surface area (Å²) >= 11 is 0. The lowest BCUT2D eigenvalue weighted by atomic mass is 10.1. The van der Waals surface area contributed by atoms with Gasteiger partial charge in [0.1, 0.15) is 23.5 Å². The maximum Gasteiger partial charge on any atom is 0.407 e. The fourth-order valence-corrected chi connectivity index (χ4v) is 2.56. The summed E-state index contributed by atoms with van der Waals surface area (Å²) < 4.78 is 12.4. The number of imidazole rings is 1. The van der Waals surface area contributed by atoms with Crippen molar-refractivity contribution in [3.63, 3.8) is 0 Å². The largest absolute Gasteiger partial charge is 0.489 e. The van der Waals surface area contributed by atoms with Crippen molar-refractivity contribution in [3.05, 3.63) is 29.8 Å². The summed E-state index contributed by atoms with van der Waals surface area (Å²) in [5.41, 5.74) is 12.1. The van der Waals surface area contributed by atoms with Crippen LogP contribution in [0.15, 0.2) is 24.3 Å². The SMILES string of the molecule is CC(C)(C)OC(=O)NC/C=C/Cn1c(N)nc2cc(C(N)=O)cc(OCCO)c21. The number of ether oxygens (including phenoxy) is 2. The van der Waals surface area contributed by atoms with Crippen LogP contribution in [0.3, 0.4) is 0 Å². The second-order valence-electron chi connectivity index (χ2n) is 7.21. The van der Waals surface area contributed by atoms with E-state index in [-0.39, 0.29) is 31.3 Å². The van der Waals surface area contributed by atoms with Gasteiger partial charge in [0.15, 0.2) is 0 Å². The highest BCUT2D eigenvalue weighted by atomic mass is 16.6. The van der Waals surface area contributed by atoms with Gasteiger partial charge in [-0.25, -0.2) is 9.78 Å². The van der Waals surface area contributed by atoms with Crippen molar-refractivity contribution in [1.82, 2.24) is 14.9 Å². The molecule has 0 saturated heterocycles. The first-order valence-corrected chi connectivity index (χ1v) is 9.07. The molecule has 1 heterocycles. The second-order valence-corrected chi connectivity index (χ2v) is 7.21. The molecule has 2 rings (SSSR count). The summed E-state index contributed by atoms with van der Waals surface area (Å²) in [4.78, 5) is 27.4. The molecule has 2 aromatic rings. The molecular formula is C19H27N5O5. The predicted molar refractivity (Wildman–Crippen MR) is 109 cm³/mol. The van der Waals surface area contributed by atoms with Gasteiger partial charge >= 0.3 is 6.09 Å². The van der Waals surface area contributed by atoms with E-state index in [9.17, 15) is 9.59 Å². The molecular weight excluding hydrogens is 378 g/mol. The van der Waals surface area contributed by atoms with Crippen molar-refractivity contribution in [2.24, 2.45) is 5.73 Å². The highest BCUT2D eigenvalue weighted by Gasteiger charge is 2.17. The first kappa shape index (κ1) is 22.0. The third-order valence-corrected chi connectivity index (χ3v) is 3.69. The average molecular weight is 405 g/mol. The predicted octanol–water partition coefficient (Wildman–Crippen LogP) is 1.17. The van der Waals surface area contributed by atoms with Gasteiger partial charge in [0.2, 0.25) is 11.9 Å². The third-order valence-electron chi connectivity index (χ3n) is 3.69. The lowest BCUT2D eigenvalue weighted by Crippen LogP contribution is -2.32. The Morgan fingerprint density at radius 1 is 1.31 bits per heavy atom. The van der Waals surface area contributed by atoms with E-state index in [1.54, 1.807) is 37.5 Å². The van der Waals surface area contributed by atoms with Crippen molar-refractivity contribution >= 4 is 29.0 Å². The molecule has 0 aliphatic rings. The molecule has 0 spiro atoms. The topological polar surface area (TPSA) is 155 Å². The van der Waals surface area contributed by atoms with E-state index in [1.807, 2.05) is 0 Å². The van der Waals surface area contributed by atoms with Crippen LogP contribution in [0.5, 0.6) is 5.75 Å². The number of fused-ring (bicyclic) bond motifs is 1. The summed E-state index contributed by atoms with van der Waals surface area (Å²) in [7, 11) is 0. The molecule has 6 N–H and O–H groups in total. The van der Waals surface area contributed by atoms with Crippen LogP contribution in [-0.2, 0) is 11.3 Å². The zero-order valence-corrected chi connectivity index (χ0v) is 16.8. The molecule has 0 atom stereocenters. The van der Waals surface area contributed by atoms with Gasteiger partial charge in [-0.3, -0.25) is 4.79 Å². The summed E-state index contributed by atoms with van der Waals surface area (Å²) in [6, 6.07) is 3.02. The number of hydrogen-bond acceptors (Lipinski definition) is 7. The van der Waals surface area contributed by atoms with E-state index < -0.39 is 17.6 Å². The number of aliphatic hydroxyl groups is 1. The number of alkyl carbamates (subject to hydrolysis) is 1. The Hall–Kier alpha value is -3.27. The Kier molecular flexibility index (Phi) is 7.05. The first-order chi connectivity index (χ1) is 13.6. The number of allylic oxidation sites excluding steroid dienone is 1. The number of aliphatic hydroxyl groups excluding tert-OH is 1. The van der Waals surface area contributed by atoms with Crippen LogP contribution >= 0.6 is 0 Å². The molecule has 1 aromatic heterocycles.